The maximum Gasteiger partial charge on any atom is 0.332 e. The Bertz CT molecular complexity index is 885. The molecule has 0 saturated heterocycles. The van der Waals surface area contributed by atoms with Crippen LogP contribution in [-0.4, -0.2) is 14.5 Å². The van der Waals surface area contributed by atoms with Crippen LogP contribution in [0.25, 0.3) is 16.9 Å². The minimum atomic E-state index is -1.01. The lowest BCUT2D eigenvalue weighted by molar-refractivity contribution is 0.436. The standard InChI is InChI=1S/C15H12F3N3O/c16-6-9-3-4-13(11(8-18)10(9)7-17)21-14-12(20-15(21)22)2-1-5-19-14/h1-5H,6-8H2,(H,20,22). The van der Waals surface area contributed by atoms with Gasteiger partial charge < -0.3 is 4.98 Å². The van der Waals surface area contributed by atoms with E-state index in [0.29, 0.717) is 11.2 Å². The van der Waals surface area contributed by atoms with Crippen molar-refractivity contribution in [3.63, 3.8) is 0 Å². The van der Waals surface area contributed by atoms with E-state index in [-0.39, 0.29) is 22.4 Å². The maximum atomic E-state index is 13.4. The Kier molecular flexibility index (Phi) is 3.70. The monoisotopic (exact) mass is 307 g/mol. The molecule has 0 aliphatic rings. The Morgan fingerprint density at radius 3 is 2.50 bits per heavy atom. The molecule has 0 fully saturated rings. The Hall–Kier alpha value is -2.57. The van der Waals surface area contributed by atoms with Crippen molar-refractivity contribution in [2.45, 2.75) is 20.0 Å². The summed E-state index contributed by atoms with van der Waals surface area (Å²) < 4.78 is 40.7. The molecule has 3 rings (SSSR count). The lowest BCUT2D eigenvalue weighted by atomic mass is 10.0. The summed E-state index contributed by atoms with van der Waals surface area (Å²) in [7, 11) is 0. The fraction of sp³-hybridized carbons (Fsp3) is 0.200. The Balaban J connectivity index is 2.36. The highest BCUT2D eigenvalue weighted by Crippen LogP contribution is 2.26. The van der Waals surface area contributed by atoms with Gasteiger partial charge in [-0.25, -0.2) is 27.5 Å². The lowest BCUT2D eigenvalue weighted by Crippen LogP contribution is -2.17. The summed E-state index contributed by atoms with van der Waals surface area (Å²) in [5.41, 5.74) is 0.433. The van der Waals surface area contributed by atoms with Gasteiger partial charge in [-0.2, -0.15) is 0 Å². The number of H-pyrrole nitrogens is 1. The molecule has 2 heterocycles. The van der Waals surface area contributed by atoms with Crippen LogP contribution in [0.1, 0.15) is 16.7 Å². The Morgan fingerprint density at radius 2 is 1.82 bits per heavy atom. The third kappa shape index (κ3) is 2.09. The molecule has 3 aromatic rings. The van der Waals surface area contributed by atoms with E-state index < -0.39 is 25.7 Å². The molecule has 4 nitrogen and oxygen atoms in total. The van der Waals surface area contributed by atoms with Gasteiger partial charge in [0.2, 0.25) is 0 Å². The minimum absolute atomic E-state index is 0.0358. The molecular formula is C15H12F3N3O. The van der Waals surface area contributed by atoms with Crippen molar-refractivity contribution in [2.75, 3.05) is 0 Å². The van der Waals surface area contributed by atoms with E-state index in [1.807, 2.05) is 0 Å². The van der Waals surface area contributed by atoms with Gasteiger partial charge in [-0.15, -0.1) is 0 Å². The molecule has 0 atom stereocenters. The zero-order valence-corrected chi connectivity index (χ0v) is 11.4. The van der Waals surface area contributed by atoms with Gasteiger partial charge >= 0.3 is 5.69 Å². The summed E-state index contributed by atoms with van der Waals surface area (Å²) in [4.78, 5) is 18.8. The Morgan fingerprint density at radius 1 is 1.05 bits per heavy atom. The first kappa shape index (κ1) is 14.4. The van der Waals surface area contributed by atoms with Crippen molar-refractivity contribution in [1.29, 1.82) is 0 Å². The molecule has 0 unspecified atom stereocenters. The number of imidazole rings is 1. The van der Waals surface area contributed by atoms with Crippen molar-refractivity contribution >= 4 is 11.2 Å². The van der Waals surface area contributed by atoms with Crippen molar-refractivity contribution in [2.24, 2.45) is 0 Å². The topological polar surface area (TPSA) is 50.7 Å². The first-order chi connectivity index (χ1) is 10.7. The molecule has 0 radical (unpaired) electrons. The number of hydrogen-bond acceptors (Lipinski definition) is 2. The molecule has 1 N–H and O–H groups in total. The number of pyridine rings is 1. The minimum Gasteiger partial charge on any atom is -0.304 e. The summed E-state index contributed by atoms with van der Waals surface area (Å²) in [5, 5.41) is 0. The zero-order chi connectivity index (χ0) is 15.7. The van der Waals surface area contributed by atoms with E-state index in [9.17, 15) is 18.0 Å². The van der Waals surface area contributed by atoms with Crippen LogP contribution in [0, 0.1) is 0 Å². The number of alkyl halides is 3. The first-order valence-electron chi connectivity index (χ1n) is 6.59. The number of fused-ring (bicyclic) bond motifs is 1. The molecule has 0 amide bonds. The predicted octanol–water partition coefficient (Wildman–Crippen LogP) is 3.12. The predicted molar refractivity (Wildman–Crippen MR) is 76.1 cm³/mol. The molecule has 7 heteroatoms. The SMILES string of the molecule is O=c1[nH]c2cccnc2n1-c1ccc(CF)c(CF)c1CF. The number of hydrogen-bond donors (Lipinski definition) is 1. The second kappa shape index (κ2) is 5.67. The highest BCUT2D eigenvalue weighted by Gasteiger charge is 2.18. The maximum absolute atomic E-state index is 13.4. The highest BCUT2D eigenvalue weighted by atomic mass is 19.1. The van der Waals surface area contributed by atoms with Crippen LogP contribution in [0.2, 0.25) is 0 Å². The normalized spacial score (nSPS) is 11.2. The van der Waals surface area contributed by atoms with Crippen LogP contribution >= 0.6 is 0 Å². The molecule has 0 spiro atoms. The number of rotatable bonds is 4. The molecule has 0 saturated carbocycles. The summed E-state index contributed by atoms with van der Waals surface area (Å²) in [6.45, 7) is -2.90. The third-order valence-electron chi connectivity index (χ3n) is 3.60. The average Bonchev–Trinajstić information content (AvgIpc) is 2.88. The molecule has 0 aliphatic carbocycles. The average molecular weight is 307 g/mol. The smallest absolute Gasteiger partial charge is 0.304 e. The van der Waals surface area contributed by atoms with Gasteiger partial charge in [-0.05, 0) is 29.3 Å². The summed E-state index contributed by atoms with van der Waals surface area (Å²) >= 11 is 0. The van der Waals surface area contributed by atoms with Crippen LogP contribution in [-0.2, 0) is 20.0 Å². The lowest BCUT2D eigenvalue weighted by Gasteiger charge is -2.14. The van der Waals surface area contributed by atoms with Crippen molar-refractivity contribution in [1.82, 2.24) is 14.5 Å². The van der Waals surface area contributed by atoms with Gasteiger partial charge in [-0.3, -0.25) is 0 Å². The number of benzene rings is 1. The third-order valence-corrected chi connectivity index (χ3v) is 3.60. The van der Waals surface area contributed by atoms with Crippen LogP contribution in [0.4, 0.5) is 13.2 Å². The van der Waals surface area contributed by atoms with E-state index >= 15 is 0 Å². The Labute approximate surface area is 123 Å². The second-order valence-corrected chi connectivity index (χ2v) is 4.74. The van der Waals surface area contributed by atoms with E-state index in [1.54, 1.807) is 12.1 Å². The van der Waals surface area contributed by atoms with E-state index in [4.69, 9.17) is 0 Å². The van der Waals surface area contributed by atoms with Crippen molar-refractivity contribution in [3.8, 4) is 5.69 Å². The molecule has 114 valence electrons. The van der Waals surface area contributed by atoms with Gasteiger partial charge in [0.25, 0.3) is 0 Å². The number of aromatic amines is 1. The number of nitrogens with one attached hydrogen (secondary N) is 1. The van der Waals surface area contributed by atoms with Gasteiger partial charge in [0.05, 0.1) is 11.2 Å². The van der Waals surface area contributed by atoms with E-state index in [0.717, 1.165) is 0 Å². The van der Waals surface area contributed by atoms with E-state index in [2.05, 4.69) is 9.97 Å². The van der Waals surface area contributed by atoms with Crippen molar-refractivity contribution < 1.29 is 13.2 Å². The van der Waals surface area contributed by atoms with Crippen LogP contribution < -0.4 is 5.69 Å². The van der Waals surface area contributed by atoms with Crippen LogP contribution in [0.15, 0.2) is 35.3 Å². The summed E-state index contributed by atoms with van der Waals surface area (Å²) in [6, 6.07) is 6.07. The van der Waals surface area contributed by atoms with Crippen LogP contribution in [0.3, 0.4) is 0 Å². The van der Waals surface area contributed by atoms with Gasteiger partial charge in [0, 0.05) is 11.8 Å². The van der Waals surface area contributed by atoms with Gasteiger partial charge in [0.15, 0.2) is 5.65 Å². The summed E-state index contributed by atoms with van der Waals surface area (Å²) in [6.07, 6.45) is 1.49. The summed E-state index contributed by atoms with van der Waals surface area (Å²) in [5.74, 6) is 0. The molecule has 0 aliphatic heterocycles. The molecule has 1 aromatic carbocycles. The quantitative estimate of drug-likeness (QED) is 0.805. The van der Waals surface area contributed by atoms with Gasteiger partial charge in [-0.1, -0.05) is 6.07 Å². The van der Waals surface area contributed by atoms with E-state index in [1.165, 1.54) is 22.9 Å². The van der Waals surface area contributed by atoms with Gasteiger partial charge in [0.1, 0.15) is 20.0 Å². The fourth-order valence-electron chi connectivity index (χ4n) is 2.54. The fourth-order valence-corrected chi connectivity index (χ4v) is 2.54. The van der Waals surface area contributed by atoms with Crippen LogP contribution in [0.5, 0.6) is 0 Å². The molecule has 2 aromatic heterocycles. The zero-order valence-electron chi connectivity index (χ0n) is 11.4. The molecule has 22 heavy (non-hydrogen) atoms. The molecular weight excluding hydrogens is 295 g/mol. The number of halogens is 3. The second-order valence-electron chi connectivity index (χ2n) is 4.74. The van der Waals surface area contributed by atoms with Crippen molar-refractivity contribution in [3.05, 3.63) is 57.6 Å². The molecule has 0 bridgehead atoms. The first-order valence-corrected chi connectivity index (χ1v) is 6.59. The number of aromatic nitrogens is 3. The largest absolute Gasteiger partial charge is 0.332 e. The highest BCUT2D eigenvalue weighted by molar-refractivity contribution is 5.73. The number of nitrogens with zero attached hydrogens (tertiary/aromatic N) is 2.